The Morgan fingerprint density at radius 2 is 1.29 bits per heavy atom. The molecule has 0 radical (unpaired) electrons. The summed E-state index contributed by atoms with van der Waals surface area (Å²) in [6, 6.07) is 24.2. The second-order valence-electron chi connectivity index (χ2n) is 7.61. The number of aryl methyl sites for hydroxylation is 2. The molecule has 0 fully saturated rings. The van der Waals surface area contributed by atoms with Crippen LogP contribution in [0.2, 0.25) is 0 Å². The molecule has 3 aromatic carbocycles. The van der Waals surface area contributed by atoms with E-state index in [0.29, 0.717) is 0 Å². The van der Waals surface area contributed by atoms with Gasteiger partial charge in [0.25, 0.3) is 0 Å². The molecule has 0 saturated carbocycles. The van der Waals surface area contributed by atoms with Crippen LogP contribution in [0.5, 0.6) is 0 Å². The monoisotopic (exact) mass is 365 g/mol. The molecule has 0 amide bonds. The molecule has 1 nitrogen and oxygen atoms in total. The van der Waals surface area contributed by atoms with Gasteiger partial charge in [-0.1, -0.05) is 65.8 Å². The van der Waals surface area contributed by atoms with Gasteiger partial charge in [0.1, 0.15) is 0 Å². The van der Waals surface area contributed by atoms with E-state index >= 15 is 0 Å². The highest BCUT2D eigenvalue weighted by Crippen LogP contribution is 2.40. The fourth-order valence-corrected chi connectivity index (χ4v) is 3.79. The number of nitrogens with zero attached hydrogens (tertiary/aromatic N) is 1. The normalized spacial score (nSPS) is 16.3. The third kappa shape index (κ3) is 3.66. The molecule has 1 heteroatoms. The molecule has 1 aliphatic rings. The van der Waals surface area contributed by atoms with Crippen molar-refractivity contribution >= 4 is 28.7 Å². The number of allylic oxidation sites excluding steroid dienone is 3. The first-order chi connectivity index (χ1) is 13.6. The minimum atomic E-state index is 1.08. The van der Waals surface area contributed by atoms with Crippen LogP contribution in [0.15, 0.2) is 78.9 Å². The molecule has 3 aromatic rings. The molecule has 0 aliphatic heterocycles. The van der Waals surface area contributed by atoms with Gasteiger partial charge >= 0.3 is 0 Å². The molecule has 28 heavy (non-hydrogen) atoms. The van der Waals surface area contributed by atoms with Crippen LogP contribution < -0.4 is 4.90 Å². The van der Waals surface area contributed by atoms with Gasteiger partial charge < -0.3 is 4.90 Å². The van der Waals surface area contributed by atoms with Gasteiger partial charge in [0.15, 0.2) is 0 Å². The average molecular weight is 366 g/mol. The van der Waals surface area contributed by atoms with E-state index in [4.69, 9.17) is 0 Å². The Hall–Kier alpha value is -3.06. The highest BCUT2D eigenvalue weighted by Gasteiger charge is 2.18. The first-order valence-electron chi connectivity index (χ1n) is 10.0. The van der Waals surface area contributed by atoms with E-state index in [1.165, 1.54) is 44.9 Å². The van der Waals surface area contributed by atoms with Gasteiger partial charge in [-0.05, 0) is 75.1 Å². The second-order valence-corrected chi connectivity index (χ2v) is 7.61. The van der Waals surface area contributed by atoms with Crippen molar-refractivity contribution in [2.24, 2.45) is 0 Å². The molecule has 140 valence electrons. The largest absolute Gasteiger partial charge is 0.310 e. The van der Waals surface area contributed by atoms with E-state index in [2.05, 4.69) is 111 Å². The molecule has 0 spiro atoms. The van der Waals surface area contributed by atoms with Gasteiger partial charge in [-0.25, -0.2) is 0 Å². The Kier molecular flexibility index (Phi) is 5.16. The molecule has 0 aromatic heterocycles. The van der Waals surface area contributed by atoms with Crippen LogP contribution >= 0.6 is 0 Å². The first kappa shape index (κ1) is 18.3. The van der Waals surface area contributed by atoms with Crippen molar-refractivity contribution in [3.05, 3.63) is 101 Å². The number of benzene rings is 3. The highest BCUT2D eigenvalue weighted by molar-refractivity contribution is 5.88. The quantitative estimate of drug-likeness (QED) is 0.454. The SMILES string of the molecule is C/C1=C/CC/C=C\c2c1cccc2N(c1ccc(C)cc1)c1ccc(C)cc1. The number of fused-ring (bicyclic) bond motifs is 1. The van der Waals surface area contributed by atoms with Crippen LogP contribution in [0.4, 0.5) is 17.1 Å². The molecule has 0 heterocycles. The molecule has 0 unspecified atom stereocenters. The lowest BCUT2D eigenvalue weighted by atomic mass is 9.94. The number of anilines is 3. The maximum atomic E-state index is 2.37. The molecule has 0 bridgehead atoms. The fraction of sp³-hybridized carbons (Fsp3) is 0.185. The average Bonchev–Trinajstić information content (AvgIpc) is 2.69. The topological polar surface area (TPSA) is 3.24 Å². The summed E-state index contributed by atoms with van der Waals surface area (Å²) < 4.78 is 0. The van der Waals surface area contributed by atoms with Crippen LogP contribution in [0.1, 0.15) is 42.0 Å². The summed E-state index contributed by atoms with van der Waals surface area (Å²) in [5.74, 6) is 0. The van der Waals surface area contributed by atoms with Crippen molar-refractivity contribution in [2.75, 3.05) is 4.90 Å². The van der Waals surface area contributed by atoms with Crippen LogP contribution in [0.25, 0.3) is 11.6 Å². The summed E-state index contributed by atoms with van der Waals surface area (Å²) in [6.07, 6.45) is 9.14. The standard InChI is InChI=1S/C27H27N/c1-20-12-16-23(17-13-20)28(24-18-14-21(2)15-19-24)27-11-7-10-25-22(3)8-5-4-6-9-26(25)27/h6-19H,4-5H2,1-3H3/b9-6-,22-8-. The number of hydrogen-bond acceptors (Lipinski definition) is 1. The van der Waals surface area contributed by atoms with Gasteiger partial charge in [0.05, 0.1) is 5.69 Å². The number of hydrogen-bond donors (Lipinski definition) is 0. The zero-order valence-corrected chi connectivity index (χ0v) is 16.9. The molecule has 0 saturated heterocycles. The predicted molar refractivity (Wildman–Crippen MR) is 123 cm³/mol. The van der Waals surface area contributed by atoms with Crippen molar-refractivity contribution < 1.29 is 0 Å². The van der Waals surface area contributed by atoms with Crippen LogP contribution in [0, 0.1) is 13.8 Å². The van der Waals surface area contributed by atoms with Gasteiger partial charge in [-0.3, -0.25) is 0 Å². The third-order valence-electron chi connectivity index (χ3n) is 5.40. The summed E-state index contributed by atoms with van der Waals surface area (Å²) in [7, 11) is 0. The Labute approximate surface area is 168 Å². The van der Waals surface area contributed by atoms with E-state index in [1.807, 2.05) is 0 Å². The van der Waals surface area contributed by atoms with Crippen LogP contribution in [-0.4, -0.2) is 0 Å². The summed E-state index contributed by atoms with van der Waals surface area (Å²) in [5, 5.41) is 0. The van der Waals surface area contributed by atoms with Gasteiger partial charge in [-0.2, -0.15) is 0 Å². The lowest BCUT2D eigenvalue weighted by Gasteiger charge is -2.28. The van der Waals surface area contributed by atoms with Gasteiger partial charge in [0, 0.05) is 16.9 Å². The van der Waals surface area contributed by atoms with E-state index in [0.717, 1.165) is 12.8 Å². The van der Waals surface area contributed by atoms with Crippen molar-refractivity contribution in [3.8, 4) is 0 Å². The van der Waals surface area contributed by atoms with E-state index in [9.17, 15) is 0 Å². The van der Waals surface area contributed by atoms with Crippen LogP contribution in [-0.2, 0) is 0 Å². The maximum absolute atomic E-state index is 2.37. The van der Waals surface area contributed by atoms with Crippen LogP contribution in [0.3, 0.4) is 0 Å². The van der Waals surface area contributed by atoms with Gasteiger partial charge in [0.2, 0.25) is 0 Å². The summed E-state index contributed by atoms with van der Waals surface area (Å²) in [4.78, 5) is 2.37. The van der Waals surface area contributed by atoms with E-state index < -0.39 is 0 Å². The van der Waals surface area contributed by atoms with E-state index in [1.54, 1.807) is 0 Å². The summed E-state index contributed by atoms with van der Waals surface area (Å²) in [6.45, 7) is 6.49. The molecular weight excluding hydrogens is 338 g/mol. The second kappa shape index (κ2) is 7.90. The lowest BCUT2D eigenvalue weighted by Crippen LogP contribution is -2.12. The van der Waals surface area contributed by atoms with Crippen molar-refractivity contribution in [3.63, 3.8) is 0 Å². The molecule has 0 atom stereocenters. The smallest absolute Gasteiger partial charge is 0.0540 e. The molecule has 1 aliphatic carbocycles. The third-order valence-corrected chi connectivity index (χ3v) is 5.40. The zero-order chi connectivity index (χ0) is 19.5. The zero-order valence-electron chi connectivity index (χ0n) is 16.9. The van der Waals surface area contributed by atoms with Gasteiger partial charge in [-0.15, -0.1) is 0 Å². The summed E-state index contributed by atoms with van der Waals surface area (Å²) in [5.41, 5.74) is 10.1. The Bertz CT molecular complexity index is 975. The Morgan fingerprint density at radius 3 is 1.89 bits per heavy atom. The fourth-order valence-electron chi connectivity index (χ4n) is 3.79. The van der Waals surface area contributed by atoms with Crippen molar-refractivity contribution in [1.29, 1.82) is 0 Å². The molecule has 0 N–H and O–H groups in total. The molecular formula is C27H27N. The Balaban J connectivity index is 1.95. The first-order valence-corrected chi connectivity index (χ1v) is 10.0. The van der Waals surface area contributed by atoms with Crippen molar-refractivity contribution in [1.82, 2.24) is 0 Å². The maximum Gasteiger partial charge on any atom is 0.0540 e. The lowest BCUT2D eigenvalue weighted by molar-refractivity contribution is 1.05. The minimum Gasteiger partial charge on any atom is -0.310 e. The van der Waals surface area contributed by atoms with E-state index in [-0.39, 0.29) is 0 Å². The summed E-state index contributed by atoms with van der Waals surface area (Å²) >= 11 is 0. The van der Waals surface area contributed by atoms with Crippen molar-refractivity contribution in [2.45, 2.75) is 33.6 Å². The predicted octanol–water partition coefficient (Wildman–Crippen LogP) is 7.98. The highest BCUT2D eigenvalue weighted by atomic mass is 15.1. The molecule has 4 rings (SSSR count). The number of rotatable bonds is 3. The Morgan fingerprint density at radius 1 is 0.679 bits per heavy atom. The minimum absolute atomic E-state index is 1.08.